The summed E-state index contributed by atoms with van der Waals surface area (Å²) in [6, 6.07) is 24.0. The number of nitrogens with two attached hydrogens (primary N) is 1. The summed E-state index contributed by atoms with van der Waals surface area (Å²) in [5.74, 6) is -1.54. The molecule has 5 rings (SSSR count). The van der Waals surface area contributed by atoms with Gasteiger partial charge >= 0.3 is 0 Å². The first-order chi connectivity index (χ1) is 18.4. The monoisotopic (exact) mass is 510 g/mol. The lowest BCUT2D eigenvalue weighted by Crippen LogP contribution is -2.49. The number of rotatable bonds is 9. The highest BCUT2D eigenvalue weighted by Crippen LogP contribution is 2.35. The maximum absolute atomic E-state index is 12.7. The smallest absolute Gasteiger partial charge is 0.261 e. The van der Waals surface area contributed by atoms with Crippen LogP contribution < -0.4 is 26.3 Å². The average molecular weight is 511 g/mol. The molecule has 38 heavy (non-hydrogen) atoms. The van der Waals surface area contributed by atoms with Gasteiger partial charge in [-0.25, -0.2) is 0 Å². The van der Waals surface area contributed by atoms with Crippen LogP contribution in [0.15, 0.2) is 83.3 Å². The van der Waals surface area contributed by atoms with Gasteiger partial charge in [0, 0.05) is 12.5 Å². The molecule has 2 heterocycles. The van der Waals surface area contributed by atoms with Crippen LogP contribution in [-0.4, -0.2) is 36.9 Å². The second-order valence-electron chi connectivity index (χ2n) is 9.07. The second-order valence-corrected chi connectivity index (χ2v) is 9.07. The summed E-state index contributed by atoms with van der Waals surface area (Å²) in [6.45, 7) is -0.371. The van der Waals surface area contributed by atoms with Gasteiger partial charge in [-0.05, 0) is 23.8 Å². The number of amides is 3. The van der Waals surface area contributed by atoms with Gasteiger partial charge in [-0.2, -0.15) is 4.57 Å². The summed E-state index contributed by atoms with van der Waals surface area (Å²) >= 11 is 0. The van der Waals surface area contributed by atoms with Crippen molar-refractivity contribution in [2.45, 2.75) is 12.5 Å². The van der Waals surface area contributed by atoms with Crippen LogP contribution in [0.5, 0.6) is 0 Å². The molecular formula is C29H28N5O4+. The van der Waals surface area contributed by atoms with Gasteiger partial charge in [-0.1, -0.05) is 54.6 Å². The topological polar surface area (TPSA) is 130 Å². The number of carbonyl (C=O) groups excluding carboxylic acids is 3. The zero-order chi connectivity index (χ0) is 26.6. The van der Waals surface area contributed by atoms with Crippen molar-refractivity contribution in [3.05, 3.63) is 84.4 Å². The SMILES string of the molecule is C[n+]1c2ccccc2c(NCC(=O)NCC(=O)N[C@@H](Cc2ccccc2)C(N)=O)c2oc3ccccc3c21. The van der Waals surface area contributed by atoms with Crippen molar-refractivity contribution >= 4 is 56.4 Å². The van der Waals surface area contributed by atoms with Crippen LogP contribution in [0.25, 0.3) is 33.0 Å². The third-order valence-corrected chi connectivity index (χ3v) is 6.50. The number of hydrogen-bond donors (Lipinski definition) is 4. The summed E-state index contributed by atoms with van der Waals surface area (Å²) in [4.78, 5) is 36.9. The fourth-order valence-corrected chi connectivity index (χ4v) is 4.66. The van der Waals surface area contributed by atoms with E-state index in [4.69, 9.17) is 10.2 Å². The number of aryl methyl sites for hydroxylation is 1. The molecule has 0 fully saturated rings. The van der Waals surface area contributed by atoms with Crippen molar-refractivity contribution < 1.29 is 23.4 Å². The van der Waals surface area contributed by atoms with E-state index in [1.165, 1.54) is 0 Å². The number of nitrogens with zero attached hydrogens (tertiary/aromatic N) is 1. The fourth-order valence-electron chi connectivity index (χ4n) is 4.66. The van der Waals surface area contributed by atoms with E-state index in [2.05, 4.69) is 20.5 Å². The molecule has 5 aromatic rings. The predicted molar refractivity (Wildman–Crippen MR) is 145 cm³/mol. The van der Waals surface area contributed by atoms with Gasteiger partial charge in [0.05, 0.1) is 29.5 Å². The highest BCUT2D eigenvalue weighted by molar-refractivity contribution is 6.11. The standard InChI is InChI=1S/C29H27N5O4/c1-34-22-13-7-5-11-19(22)26(28-27(34)20-12-6-8-14-23(20)38-28)32-16-24(35)31-17-25(36)33-21(29(30)37)15-18-9-3-2-4-10-18/h2-14,21H,15-17H2,1H3,(H4,30,31,33,35,36,37)/p+1/t21-/m0/s1. The van der Waals surface area contributed by atoms with Crippen LogP contribution >= 0.6 is 0 Å². The van der Waals surface area contributed by atoms with Crippen molar-refractivity contribution in [3.63, 3.8) is 0 Å². The highest BCUT2D eigenvalue weighted by atomic mass is 16.3. The third kappa shape index (κ3) is 4.99. The number of nitrogens with one attached hydrogen (secondary N) is 3. The quantitative estimate of drug-likeness (QED) is 0.226. The van der Waals surface area contributed by atoms with Gasteiger partial charge in [0.15, 0.2) is 0 Å². The molecule has 9 nitrogen and oxygen atoms in total. The number of benzene rings is 3. The highest BCUT2D eigenvalue weighted by Gasteiger charge is 2.25. The number of furan rings is 1. The molecule has 0 aliphatic heterocycles. The van der Waals surface area contributed by atoms with Gasteiger partial charge < -0.3 is 26.1 Å². The Morgan fingerprint density at radius 2 is 1.55 bits per heavy atom. The summed E-state index contributed by atoms with van der Waals surface area (Å²) in [5.41, 5.74) is 10.3. The minimum absolute atomic E-state index is 0.0829. The minimum atomic E-state index is -0.877. The number of aromatic nitrogens is 1. The molecule has 0 aliphatic rings. The Balaban J connectivity index is 1.28. The van der Waals surface area contributed by atoms with Gasteiger partial charge in [-0.15, -0.1) is 0 Å². The van der Waals surface area contributed by atoms with E-state index >= 15 is 0 Å². The first kappa shape index (κ1) is 24.8. The molecule has 1 atom stereocenters. The van der Waals surface area contributed by atoms with Gasteiger partial charge in [0.25, 0.3) is 5.52 Å². The lowest BCUT2D eigenvalue weighted by molar-refractivity contribution is -0.616. The molecule has 0 spiro atoms. The van der Waals surface area contributed by atoms with E-state index in [-0.39, 0.29) is 25.4 Å². The minimum Gasteiger partial charge on any atom is -0.447 e. The van der Waals surface area contributed by atoms with Crippen molar-refractivity contribution in [1.82, 2.24) is 10.6 Å². The van der Waals surface area contributed by atoms with E-state index < -0.39 is 17.9 Å². The van der Waals surface area contributed by atoms with Crippen molar-refractivity contribution in [1.29, 1.82) is 0 Å². The van der Waals surface area contributed by atoms with E-state index in [0.29, 0.717) is 11.3 Å². The Hall–Kier alpha value is -4.92. The van der Waals surface area contributed by atoms with Crippen LogP contribution in [0, 0.1) is 0 Å². The van der Waals surface area contributed by atoms with Crippen molar-refractivity contribution in [2.24, 2.45) is 12.8 Å². The third-order valence-electron chi connectivity index (χ3n) is 6.50. The molecule has 192 valence electrons. The maximum atomic E-state index is 12.7. The molecule has 0 bridgehead atoms. The Morgan fingerprint density at radius 1 is 0.868 bits per heavy atom. The average Bonchev–Trinajstić information content (AvgIpc) is 3.32. The van der Waals surface area contributed by atoms with Gasteiger partial charge in [0.2, 0.25) is 28.8 Å². The molecule has 0 saturated carbocycles. The number of hydrogen-bond acceptors (Lipinski definition) is 5. The number of fused-ring (bicyclic) bond motifs is 4. The van der Waals surface area contributed by atoms with Gasteiger partial charge in [0.1, 0.15) is 18.7 Å². The Bertz CT molecular complexity index is 1660. The Kier molecular flexibility index (Phi) is 6.90. The van der Waals surface area contributed by atoms with Crippen LogP contribution in [0.3, 0.4) is 0 Å². The van der Waals surface area contributed by atoms with Crippen molar-refractivity contribution in [3.8, 4) is 0 Å². The van der Waals surface area contributed by atoms with Crippen LogP contribution in [0.2, 0.25) is 0 Å². The van der Waals surface area contributed by atoms with E-state index in [1.54, 1.807) is 0 Å². The molecule has 2 aromatic heterocycles. The van der Waals surface area contributed by atoms with E-state index in [9.17, 15) is 14.4 Å². The first-order valence-electron chi connectivity index (χ1n) is 12.3. The summed E-state index contributed by atoms with van der Waals surface area (Å²) in [7, 11) is 1.98. The molecular weight excluding hydrogens is 482 g/mol. The zero-order valence-corrected chi connectivity index (χ0v) is 20.9. The first-order valence-corrected chi connectivity index (χ1v) is 12.3. The number of pyridine rings is 1. The van der Waals surface area contributed by atoms with Crippen LogP contribution in [0.4, 0.5) is 5.69 Å². The lowest BCUT2D eigenvalue weighted by Gasteiger charge is -2.16. The van der Waals surface area contributed by atoms with Gasteiger partial charge in [-0.3, -0.25) is 14.4 Å². The number of anilines is 1. The molecule has 9 heteroatoms. The number of carbonyl (C=O) groups is 3. The predicted octanol–water partition coefficient (Wildman–Crippen LogP) is 2.30. The molecule has 5 N–H and O–H groups in total. The molecule has 0 aliphatic carbocycles. The molecule has 3 aromatic carbocycles. The zero-order valence-electron chi connectivity index (χ0n) is 20.9. The molecule has 0 unspecified atom stereocenters. The van der Waals surface area contributed by atoms with E-state index in [0.717, 1.165) is 33.0 Å². The second kappa shape index (κ2) is 10.6. The van der Waals surface area contributed by atoms with Crippen molar-refractivity contribution in [2.75, 3.05) is 18.4 Å². The Morgan fingerprint density at radius 3 is 2.32 bits per heavy atom. The normalized spacial score (nSPS) is 11.9. The number of primary amides is 1. The summed E-state index contributed by atoms with van der Waals surface area (Å²) in [6.07, 6.45) is 0.267. The number of para-hydroxylation sites is 2. The Labute approximate surface area is 218 Å². The largest absolute Gasteiger partial charge is 0.447 e. The fraction of sp³-hybridized carbons (Fsp3) is 0.172. The summed E-state index contributed by atoms with van der Waals surface area (Å²) in [5, 5.41) is 10.3. The molecule has 0 radical (unpaired) electrons. The molecule has 3 amide bonds. The maximum Gasteiger partial charge on any atom is 0.261 e. The summed E-state index contributed by atoms with van der Waals surface area (Å²) < 4.78 is 8.28. The lowest BCUT2D eigenvalue weighted by atomic mass is 10.1. The van der Waals surface area contributed by atoms with E-state index in [1.807, 2.05) is 85.9 Å². The van der Waals surface area contributed by atoms with Crippen LogP contribution in [0.1, 0.15) is 5.56 Å². The molecule has 0 saturated heterocycles. The van der Waals surface area contributed by atoms with Crippen LogP contribution in [-0.2, 0) is 27.9 Å².